The van der Waals surface area contributed by atoms with Gasteiger partial charge in [0.25, 0.3) is 0 Å². The van der Waals surface area contributed by atoms with E-state index in [1.54, 1.807) is 12.4 Å². The molecule has 2 aromatic heterocycles. The Morgan fingerprint density at radius 3 is 2.83 bits per heavy atom. The normalized spacial score (nSPS) is 12.6. The summed E-state index contributed by atoms with van der Waals surface area (Å²) >= 11 is 0. The van der Waals surface area contributed by atoms with E-state index in [9.17, 15) is 0 Å². The third-order valence-corrected chi connectivity index (χ3v) is 3.14. The first-order valence-electron chi connectivity index (χ1n) is 6.22. The summed E-state index contributed by atoms with van der Waals surface area (Å²) in [5.74, 6) is 5.73. The number of aryl methyl sites for hydroxylation is 2. The molecule has 0 radical (unpaired) electrons. The Hall–Kier alpha value is -1.72. The molecule has 2 rings (SSSR count). The molecule has 2 aromatic rings. The van der Waals surface area contributed by atoms with Gasteiger partial charge in [0.05, 0.1) is 11.7 Å². The van der Waals surface area contributed by atoms with Crippen molar-refractivity contribution in [3.63, 3.8) is 0 Å². The van der Waals surface area contributed by atoms with Crippen LogP contribution in [-0.2, 0) is 13.0 Å². The molecule has 5 heteroatoms. The highest BCUT2D eigenvalue weighted by molar-refractivity contribution is 5.32. The Morgan fingerprint density at radius 1 is 1.33 bits per heavy atom. The molecule has 0 aliphatic rings. The second-order valence-electron chi connectivity index (χ2n) is 4.10. The van der Waals surface area contributed by atoms with Gasteiger partial charge in [0.15, 0.2) is 0 Å². The Balaban J connectivity index is 2.45. The number of hydrogen-bond acceptors (Lipinski definition) is 4. The largest absolute Gasteiger partial charge is 0.271 e. The van der Waals surface area contributed by atoms with Gasteiger partial charge in [-0.2, -0.15) is 5.10 Å². The summed E-state index contributed by atoms with van der Waals surface area (Å²) < 4.78 is 1.95. The van der Waals surface area contributed by atoms with Gasteiger partial charge in [0.1, 0.15) is 0 Å². The third kappa shape index (κ3) is 2.27. The van der Waals surface area contributed by atoms with Crippen molar-refractivity contribution in [2.45, 2.75) is 32.9 Å². The van der Waals surface area contributed by atoms with E-state index in [2.05, 4.69) is 29.4 Å². The van der Waals surface area contributed by atoms with Crippen molar-refractivity contribution in [2.24, 2.45) is 5.84 Å². The fraction of sp³-hybridized carbons (Fsp3) is 0.385. The minimum Gasteiger partial charge on any atom is -0.271 e. The summed E-state index contributed by atoms with van der Waals surface area (Å²) in [4.78, 5) is 4.17. The van der Waals surface area contributed by atoms with Crippen molar-refractivity contribution in [3.8, 4) is 0 Å². The number of nitrogens with two attached hydrogens (primary N) is 1. The number of hydrogen-bond donors (Lipinski definition) is 2. The molecule has 0 amide bonds. The number of nitrogens with one attached hydrogen (secondary N) is 1. The number of rotatable bonds is 5. The summed E-state index contributed by atoms with van der Waals surface area (Å²) in [6, 6.07) is 3.95. The van der Waals surface area contributed by atoms with Crippen LogP contribution in [0.4, 0.5) is 0 Å². The van der Waals surface area contributed by atoms with E-state index in [4.69, 9.17) is 5.84 Å². The minimum atomic E-state index is -0.0506. The topological polar surface area (TPSA) is 68.8 Å². The Bertz CT molecular complexity index is 506. The lowest BCUT2D eigenvalue weighted by Gasteiger charge is -2.20. The maximum absolute atomic E-state index is 5.73. The Kier molecular flexibility index (Phi) is 4.07. The number of pyridine rings is 1. The second-order valence-corrected chi connectivity index (χ2v) is 4.10. The van der Waals surface area contributed by atoms with E-state index in [1.807, 2.05) is 23.0 Å². The van der Waals surface area contributed by atoms with Crippen LogP contribution < -0.4 is 11.3 Å². The maximum atomic E-state index is 5.73. The fourth-order valence-electron chi connectivity index (χ4n) is 2.20. The first-order chi connectivity index (χ1) is 8.81. The highest BCUT2D eigenvalue weighted by Crippen LogP contribution is 2.24. The van der Waals surface area contributed by atoms with Crippen molar-refractivity contribution in [3.05, 3.63) is 47.5 Å². The van der Waals surface area contributed by atoms with Gasteiger partial charge >= 0.3 is 0 Å². The highest BCUT2D eigenvalue weighted by atomic mass is 15.3. The maximum Gasteiger partial charge on any atom is 0.0882 e. The lowest BCUT2D eigenvalue weighted by Crippen LogP contribution is -2.31. The lowest BCUT2D eigenvalue weighted by molar-refractivity contribution is 0.540. The zero-order valence-electron chi connectivity index (χ0n) is 10.8. The first-order valence-corrected chi connectivity index (χ1v) is 6.22. The molecule has 0 bridgehead atoms. The molecule has 0 fully saturated rings. The molecule has 1 unspecified atom stereocenters. The average Bonchev–Trinajstić information content (AvgIpc) is 2.88. The quantitative estimate of drug-likeness (QED) is 0.617. The van der Waals surface area contributed by atoms with E-state index in [1.165, 1.54) is 5.56 Å². The van der Waals surface area contributed by atoms with Crippen LogP contribution in [0.15, 0.2) is 30.7 Å². The summed E-state index contributed by atoms with van der Waals surface area (Å²) in [6.45, 7) is 5.01. The summed E-state index contributed by atoms with van der Waals surface area (Å²) in [6.07, 6.45) is 6.43. The molecule has 1 atom stereocenters. The van der Waals surface area contributed by atoms with Crippen molar-refractivity contribution in [1.29, 1.82) is 0 Å². The molecule has 3 N–H and O–H groups in total. The standard InChI is InChI=1S/C13H19N5/c1-3-10-9-15-7-5-11(10)13(17-14)12-6-8-16-18(12)4-2/h5-9,13,17H,3-4,14H2,1-2H3. The molecule has 5 nitrogen and oxygen atoms in total. The van der Waals surface area contributed by atoms with Crippen LogP contribution in [0, 0.1) is 0 Å². The number of aromatic nitrogens is 3. The SMILES string of the molecule is CCc1cnccc1C(NN)c1ccnn1CC. The minimum absolute atomic E-state index is 0.0506. The summed E-state index contributed by atoms with van der Waals surface area (Å²) in [5, 5.41) is 4.29. The van der Waals surface area contributed by atoms with E-state index in [0.29, 0.717) is 0 Å². The van der Waals surface area contributed by atoms with Gasteiger partial charge in [-0.15, -0.1) is 0 Å². The first kappa shape index (κ1) is 12.7. The van der Waals surface area contributed by atoms with E-state index in [0.717, 1.165) is 24.2 Å². The van der Waals surface area contributed by atoms with Gasteiger partial charge in [0, 0.05) is 25.1 Å². The number of nitrogens with zero attached hydrogens (tertiary/aromatic N) is 3. The van der Waals surface area contributed by atoms with Gasteiger partial charge in [-0.25, -0.2) is 5.43 Å². The fourth-order valence-corrected chi connectivity index (χ4v) is 2.20. The van der Waals surface area contributed by atoms with Gasteiger partial charge in [-0.1, -0.05) is 6.92 Å². The zero-order valence-corrected chi connectivity index (χ0v) is 10.8. The van der Waals surface area contributed by atoms with Crippen molar-refractivity contribution < 1.29 is 0 Å². The predicted molar refractivity (Wildman–Crippen MR) is 70.7 cm³/mol. The average molecular weight is 245 g/mol. The molecule has 96 valence electrons. The van der Waals surface area contributed by atoms with E-state index >= 15 is 0 Å². The summed E-state index contributed by atoms with van der Waals surface area (Å²) in [5.41, 5.74) is 6.31. The zero-order chi connectivity index (χ0) is 13.0. The van der Waals surface area contributed by atoms with E-state index < -0.39 is 0 Å². The van der Waals surface area contributed by atoms with Crippen LogP contribution >= 0.6 is 0 Å². The molecule has 0 aliphatic heterocycles. The molecular weight excluding hydrogens is 226 g/mol. The molecule has 0 saturated carbocycles. The molecular formula is C13H19N5. The lowest BCUT2D eigenvalue weighted by atomic mass is 9.99. The molecule has 18 heavy (non-hydrogen) atoms. The van der Waals surface area contributed by atoms with Gasteiger partial charge in [0.2, 0.25) is 0 Å². The molecule has 0 saturated heterocycles. The van der Waals surface area contributed by atoms with Crippen LogP contribution in [0.3, 0.4) is 0 Å². The van der Waals surface area contributed by atoms with Gasteiger partial charge < -0.3 is 0 Å². The monoisotopic (exact) mass is 245 g/mol. The Labute approximate surface area is 107 Å². The van der Waals surface area contributed by atoms with Crippen molar-refractivity contribution in [1.82, 2.24) is 20.2 Å². The van der Waals surface area contributed by atoms with Crippen molar-refractivity contribution in [2.75, 3.05) is 0 Å². The summed E-state index contributed by atoms with van der Waals surface area (Å²) in [7, 11) is 0. The predicted octanol–water partition coefficient (Wildman–Crippen LogP) is 1.41. The van der Waals surface area contributed by atoms with Crippen LogP contribution in [0.5, 0.6) is 0 Å². The van der Waals surface area contributed by atoms with E-state index in [-0.39, 0.29) is 6.04 Å². The molecule has 0 spiro atoms. The van der Waals surface area contributed by atoms with Crippen LogP contribution in [0.25, 0.3) is 0 Å². The van der Waals surface area contributed by atoms with Gasteiger partial charge in [-0.05, 0) is 36.6 Å². The van der Waals surface area contributed by atoms with Crippen LogP contribution in [0.1, 0.15) is 36.7 Å². The third-order valence-electron chi connectivity index (χ3n) is 3.14. The second kappa shape index (κ2) is 5.75. The molecule has 0 aliphatic carbocycles. The number of hydrazine groups is 1. The smallest absolute Gasteiger partial charge is 0.0882 e. The van der Waals surface area contributed by atoms with Crippen LogP contribution in [0.2, 0.25) is 0 Å². The Morgan fingerprint density at radius 2 is 2.17 bits per heavy atom. The van der Waals surface area contributed by atoms with Crippen molar-refractivity contribution >= 4 is 0 Å². The van der Waals surface area contributed by atoms with Gasteiger partial charge in [-0.3, -0.25) is 15.5 Å². The molecule has 0 aromatic carbocycles. The van der Waals surface area contributed by atoms with Crippen LogP contribution in [-0.4, -0.2) is 14.8 Å². The molecule has 2 heterocycles. The highest BCUT2D eigenvalue weighted by Gasteiger charge is 2.18.